The molecule has 11 atom stereocenters. The van der Waals surface area contributed by atoms with Gasteiger partial charge in [-0.3, -0.25) is 38.4 Å². The lowest BCUT2D eigenvalue weighted by Crippen LogP contribution is -2.61. The van der Waals surface area contributed by atoms with Gasteiger partial charge >= 0.3 is 5.97 Å². The summed E-state index contributed by atoms with van der Waals surface area (Å²) >= 11 is 3.49. The van der Waals surface area contributed by atoms with E-state index in [-0.39, 0.29) is 68.6 Å². The molecule has 2 saturated heterocycles. The van der Waals surface area contributed by atoms with E-state index >= 15 is 9.59 Å². The Labute approximate surface area is 484 Å². The zero-order valence-electron chi connectivity index (χ0n) is 50.5. The first-order valence-electron chi connectivity index (χ1n) is 28.8. The maximum Gasteiger partial charge on any atom is 0.332 e. The van der Waals surface area contributed by atoms with Gasteiger partial charge < -0.3 is 39.7 Å². The molecule has 2 bridgehead atoms. The van der Waals surface area contributed by atoms with Crippen LogP contribution in [-0.4, -0.2) is 166 Å². The quantitative estimate of drug-likeness (QED) is 0.192. The molecule has 4 rings (SSSR count). The molecule has 80 heavy (non-hydrogen) atoms. The third-order valence-electron chi connectivity index (χ3n) is 16.6. The van der Waals surface area contributed by atoms with Crippen LogP contribution in [0.25, 0.3) is 0 Å². The molecular weight excluding hydrogens is 1080 g/mol. The molecule has 2 aliphatic heterocycles. The molecule has 2 aliphatic rings. The number of carbonyl (C=O) groups is 9. The summed E-state index contributed by atoms with van der Waals surface area (Å²) in [6.45, 7) is 21.2. The Hall–Kier alpha value is -5.49. The Kier molecular flexibility index (Phi) is 24.7. The summed E-state index contributed by atoms with van der Waals surface area (Å²) in [7, 11) is 5.86. The van der Waals surface area contributed by atoms with Gasteiger partial charge in [0.25, 0.3) is 5.91 Å². The lowest BCUT2D eigenvalue weighted by molar-refractivity contribution is -0.178. The lowest BCUT2D eigenvalue weighted by Gasteiger charge is -2.39. The first-order valence-corrected chi connectivity index (χ1v) is 29.6. The summed E-state index contributed by atoms with van der Waals surface area (Å²) in [6.07, 6.45) is -0.376. The van der Waals surface area contributed by atoms with Crippen LogP contribution in [0.3, 0.4) is 0 Å². The molecule has 18 heteroatoms. The molecule has 2 aromatic carbocycles. The number of hydrogen-bond acceptors (Lipinski definition) is 11. The minimum absolute atomic E-state index is 0.0186. The zero-order valence-corrected chi connectivity index (χ0v) is 52.1. The molecule has 0 saturated carbocycles. The first kappa shape index (κ1) is 67.0. The van der Waals surface area contributed by atoms with Gasteiger partial charge in [-0.2, -0.15) is 0 Å². The highest BCUT2D eigenvalue weighted by molar-refractivity contribution is 9.10. The van der Waals surface area contributed by atoms with Crippen molar-refractivity contribution in [2.24, 2.45) is 47.3 Å². The van der Waals surface area contributed by atoms with E-state index in [1.54, 1.807) is 39.6 Å². The van der Waals surface area contributed by atoms with Gasteiger partial charge in [-0.05, 0) is 80.0 Å². The van der Waals surface area contributed by atoms with Crippen molar-refractivity contribution in [2.45, 2.75) is 176 Å². The van der Waals surface area contributed by atoms with E-state index in [1.807, 2.05) is 96.1 Å². The number of ketones is 2. The van der Waals surface area contributed by atoms with Crippen molar-refractivity contribution in [1.29, 1.82) is 0 Å². The van der Waals surface area contributed by atoms with Gasteiger partial charge in [-0.1, -0.05) is 134 Å². The number of rotatable bonds is 13. The van der Waals surface area contributed by atoms with Gasteiger partial charge in [-0.15, -0.1) is 0 Å². The number of likely N-dealkylation sites (N-methyl/N-ethyl adjacent to an activating group) is 4. The summed E-state index contributed by atoms with van der Waals surface area (Å²) < 4.78 is 6.94. The molecule has 3 unspecified atom stereocenters. The van der Waals surface area contributed by atoms with Crippen molar-refractivity contribution in [3.63, 3.8) is 0 Å². The molecule has 2 heterocycles. The molecule has 6 amide bonds. The summed E-state index contributed by atoms with van der Waals surface area (Å²) in [4.78, 5) is 141. The predicted octanol–water partition coefficient (Wildman–Crippen LogP) is 7.17. The normalized spacial score (nSPS) is 26.5. The minimum Gasteiger partial charge on any atom is -0.450 e. The number of aliphatic hydroxyl groups is 1. The van der Waals surface area contributed by atoms with Gasteiger partial charge in [0, 0.05) is 95.1 Å². The van der Waals surface area contributed by atoms with E-state index in [4.69, 9.17) is 4.74 Å². The number of Topliss-reactive ketones (excluding diaryl/α,β-unsaturated/α-hetero) is 2. The summed E-state index contributed by atoms with van der Waals surface area (Å²) in [5.74, 6) is -9.48. The second-order valence-electron chi connectivity index (χ2n) is 24.5. The Morgan fingerprint density at radius 1 is 0.650 bits per heavy atom. The molecule has 17 nitrogen and oxygen atoms in total. The number of amides is 6. The van der Waals surface area contributed by atoms with E-state index in [0.717, 1.165) is 14.9 Å². The summed E-state index contributed by atoms with van der Waals surface area (Å²) in [6, 6.07) is 10.2. The third kappa shape index (κ3) is 17.0. The van der Waals surface area contributed by atoms with Crippen molar-refractivity contribution in [1.82, 2.24) is 29.8 Å². The number of esters is 1. The Balaban J connectivity index is 1.94. The van der Waals surface area contributed by atoms with Crippen molar-refractivity contribution in [2.75, 3.05) is 41.3 Å². The van der Waals surface area contributed by atoms with E-state index in [1.165, 1.54) is 49.7 Å². The topological polar surface area (TPSA) is 211 Å². The fraction of sp³-hybridized carbons (Fsp3) is 0.661. The van der Waals surface area contributed by atoms with Crippen LogP contribution < -0.4 is 5.32 Å². The van der Waals surface area contributed by atoms with Gasteiger partial charge in [0.1, 0.15) is 23.9 Å². The second kappa shape index (κ2) is 29.5. The first-order chi connectivity index (χ1) is 37.4. The average Bonchev–Trinajstić information content (AvgIpc) is 3.91. The summed E-state index contributed by atoms with van der Waals surface area (Å²) in [5, 5.41) is 14.7. The molecular formula is C62H93BrN6O11. The van der Waals surface area contributed by atoms with Crippen molar-refractivity contribution in [3.05, 3.63) is 70.2 Å². The molecule has 2 N–H and O–H groups in total. The predicted molar refractivity (Wildman–Crippen MR) is 311 cm³/mol. The number of hydrogen-bond donors (Lipinski definition) is 2. The number of carbonyl (C=O) groups excluding carboxylic acids is 9. The maximum atomic E-state index is 15.2. The molecule has 0 aromatic heterocycles. The standard InChI is InChI=1S/C62H93BrN6O11/c1-17-39(9)46-34-49(70)43-28-29-69(35-43)59(76)48(32-42-24-26-45(63)27-25-42)65(13)58(75)47(31-41-22-20-19-21-23-41)64-55(72)52(38(7)8)67(15)60(77)53(40(10)18-2)80-61(78)54(62(11,12)79)68(16)56(73)44(30-36(3)4)33-50(71)51(37(5)6)66(14)57(46)74/h19-27,36-40,43-44,46-48,51-54,79H,17-18,28-35H2,1-16H3,(H,64,72)/t39?,40?,43-,44-,46+,47?,48+,51+,52+,53-,54-/m1/s1. The SMILES string of the molecule is CCC(C)[C@@H]1CC(=O)[C@@H]2CCN(C2)C(=O)[C@H](Cc2ccc(Br)cc2)N(C)C(=O)C(Cc2ccccc2)NC(=O)[C@H](C(C)C)N(C)C(=O)[C@@H](C(C)CC)OC(=O)[C@H](C(C)(C)O)N(C)C(=O)[C@H](CC(C)C)CC(=O)[C@H](C(C)C)N(C)C1=O. The van der Waals surface area contributed by atoms with Gasteiger partial charge in [0.2, 0.25) is 29.5 Å². The number of cyclic esters (lactones) is 1. The number of fused-ring (bicyclic) bond motifs is 2. The second-order valence-corrected chi connectivity index (χ2v) is 25.4. The molecule has 0 radical (unpaired) electrons. The van der Waals surface area contributed by atoms with E-state index < -0.39 is 119 Å². The lowest BCUT2D eigenvalue weighted by atomic mass is 9.82. The number of ether oxygens (including phenoxy) is 1. The van der Waals surface area contributed by atoms with Crippen LogP contribution in [0.1, 0.15) is 133 Å². The van der Waals surface area contributed by atoms with Crippen LogP contribution in [0.15, 0.2) is 59.1 Å². The monoisotopic (exact) mass is 1180 g/mol. The van der Waals surface area contributed by atoms with E-state index in [0.29, 0.717) is 24.8 Å². The molecule has 0 spiro atoms. The van der Waals surface area contributed by atoms with Crippen molar-refractivity contribution in [3.8, 4) is 0 Å². The van der Waals surface area contributed by atoms with Crippen LogP contribution in [0.4, 0.5) is 0 Å². The van der Waals surface area contributed by atoms with Crippen LogP contribution >= 0.6 is 15.9 Å². The van der Waals surface area contributed by atoms with Crippen LogP contribution in [0, 0.1) is 47.3 Å². The highest BCUT2D eigenvalue weighted by Gasteiger charge is 2.47. The van der Waals surface area contributed by atoms with Crippen LogP contribution in [-0.2, 0) is 60.7 Å². The zero-order chi connectivity index (χ0) is 60.2. The fourth-order valence-electron chi connectivity index (χ4n) is 11.6. The van der Waals surface area contributed by atoms with Gasteiger partial charge in [0.05, 0.1) is 11.6 Å². The fourth-order valence-corrected chi connectivity index (χ4v) is 11.9. The minimum atomic E-state index is -1.94. The Bertz CT molecular complexity index is 2480. The third-order valence-corrected chi connectivity index (χ3v) is 17.1. The smallest absolute Gasteiger partial charge is 0.332 e. The largest absolute Gasteiger partial charge is 0.450 e. The van der Waals surface area contributed by atoms with Gasteiger partial charge in [0.15, 0.2) is 17.9 Å². The number of benzene rings is 2. The Morgan fingerprint density at radius 2 is 1.21 bits per heavy atom. The molecule has 444 valence electrons. The molecule has 2 fully saturated rings. The number of nitrogens with one attached hydrogen (secondary N) is 1. The maximum absolute atomic E-state index is 15.2. The van der Waals surface area contributed by atoms with Crippen LogP contribution in [0.2, 0.25) is 0 Å². The van der Waals surface area contributed by atoms with Crippen LogP contribution in [0.5, 0.6) is 0 Å². The van der Waals surface area contributed by atoms with Gasteiger partial charge in [-0.25, -0.2) is 4.79 Å². The highest BCUT2D eigenvalue weighted by Crippen LogP contribution is 2.32. The molecule has 2 aromatic rings. The highest BCUT2D eigenvalue weighted by atomic mass is 79.9. The molecule has 0 aliphatic carbocycles. The van der Waals surface area contributed by atoms with Crippen molar-refractivity contribution >= 4 is 68.9 Å². The number of nitrogens with zero attached hydrogens (tertiary/aromatic N) is 5. The summed E-state index contributed by atoms with van der Waals surface area (Å²) in [5.41, 5.74) is -0.474. The Morgan fingerprint density at radius 3 is 1.75 bits per heavy atom. The average molecular weight is 1180 g/mol. The van der Waals surface area contributed by atoms with E-state index in [2.05, 4.69) is 21.2 Å². The van der Waals surface area contributed by atoms with Crippen molar-refractivity contribution < 1.29 is 53.0 Å². The van der Waals surface area contributed by atoms with E-state index in [9.17, 15) is 38.7 Å². The number of halogens is 1.